The van der Waals surface area contributed by atoms with Gasteiger partial charge in [0.1, 0.15) is 23.5 Å². The van der Waals surface area contributed by atoms with Crippen LogP contribution in [-0.4, -0.2) is 9.55 Å². The molecule has 0 amide bonds. The maximum Gasteiger partial charge on any atom is 0.149 e. The molecule has 2 heterocycles. The van der Waals surface area contributed by atoms with E-state index in [4.69, 9.17) is 9.40 Å². The third kappa shape index (κ3) is 3.61. The summed E-state index contributed by atoms with van der Waals surface area (Å²) in [5.74, 6) is 0.391. The van der Waals surface area contributed by atoms with Crippen LogP contribution in [-0.2, 0) is 0 Å². The first kappa shape index (κ1) is 22.3. The van der Waals surface area contributed by atoms with Crippen molar-refractivity contribution < 1.29 is 8.81 Å². The van der Waals surface area contributed by atoms with Gasteiger partial charge in [0, 0.05) is 16.5 Å². The number of para-hydroxylation sites is 2. The van der Waals surface area contributed by atoms with Crippen molar-refractivity contribution in [2.45, 2.75) is 6.92 Å². The molecule has 0 spiro atoms. The monoisotopic (exact) mass is 494 g/mol. The summed E-state index contributed by atoms with van der Waals surface area (Å²) in [6, 6.07) is 38.0. The number of aromatic nitrogens is 2. The van der Waals surface area contributed by atoms with E-state index in [0.29, 0.717) is 16.8 Å². The van der Waals surface area contributed by atoms with Crippen LogP contribution in [0.1, 0.15) is 5.56 Å². The van der Waals surface area contributed by atoms with Gasteiger partial charge in [0.05, 0.1) is 22.3 Å². The summed E-state index contributed by atoms with van der Waals surface area (Å²) in [5.41, 5.74) is 9.75. The molecular formula is C34H23FN2O. The first-order valence-electron chi connectivity index (χ1n) is 12.6. The van der Waals surface area contributed by atoms with Gasteiger partial charge in [-0.15, -0.1) is 0 Å². The molecule has 0 aliphatic rings. The van der Waals surface area contributed by atoms with Crippen molar-refractivity contribution in [3.8, 4) is 39.3 Å². The summed E-state index contributed by atoms with van der Waals surface area (Å²) in [7, 11) is 0. The van der Waals surface area contributed by atoms with Gasteiger partial charge in [-0.3, -0.25) is 4.57 Å². The molecule has 2 aromatic heterocycles. The second kappa shape index (κ2) is 8.86. The van der Waals surface area contributed by atoms with Crippen molar-refractivity contribution >= 4 is 22.0 Å². The minimum atomic E-state index is -0.312. The van der Waals surface area contributed by atoms with E-state index in [9.17, 15) is 4.39 Å². The molecule has 0 saturated heterocycles. The Morgan fingerprint density at radius 1 is 0.684 bits per heavy atom. The number of imidazole rings is 1. The zero-order valence-electron chi connectivity index (χ0n) is 20.7. The van der Waals surface area contributed by atoms with Gasteiger partial charge in [0.2, 0.25) is 0 Å². The Morgan fingerprint density at radius 3 is 2.00 bits per heavy atom. The number of hydrogen-bond acceptors (Lipinski definition) is 2. The molecule has 0 N–H and O–H groups in total. The van der Waals surface area contributed by atoms with E-state index >= 15 is 0 Å². The van der Waals surface area contributed by atoms with E-state index in [1.165, 1.54) is 12.1 Å². The molecule has 0 atom stereocenters. The molecule has 7 aromatic rings. The second-order valence-electron chi connectivity index (χ2n) is 9.49. The molecule has 0 fully saturated rings. The quantitative estimate of drug-likeness (QED) is 0.244. The van der Waals surface area contributed by atoms with Crippen LogP contribution in [0, 0.1) is 12.7 Å². The first-order valence-corrected chi connectivity index (χ1v) is 12.6. The molecule has 3 nitrogen and oxygen atoms in total. The number of rotatable bonds is 4. The van der Waals surface area contributed by atoms with Crippen LogP contribution in [0.15, 0.2) is 126 Å². The van der Waals surface area contributed by atoms with Gasteiger partial charge < -0.3 is 4.42 Å². The molecule has 38 heavy (non-hydrogen) atoms. The Labute approximate surface area is 219 Å². The maximum absolute atomic E-state index is 14.4. The number of hydrogen-bond donors (Lipinski definition) is 0. The summed E-state index contributed by atoms with van der Waals surface area (Å²) < 4.78 is 22.5. The molecule has 4 heteroatoms. The lowest BCUT2D eigenvalue weighted by atomic mass is 9.93. The highest BCUT2D eigenvalue weighted by atomic mass is 19.1. The normalized spacial score (nSPS) is 11.4. The van der Waals surface area contributed by atoms with Crippen LogP contribution < -0.4 is 0 Å². The molecule has 182 valence electrons. The molecule has 0 aliphatic heterocycles. The minimum absolute atomic E-state index is 0.312. The number of benzene rings is 5. The van der Waals surface area contributed by atoms with Crippen molar-refractivity contribution in [2.24, 2.45) is 0 Å². The van der Waals surface area contributed by atoms with Gasteiger partial charge in [-0.1, -0.05) is 72.8 Å². The van der Waals surface area contributed by atoms with E-state index in [1.54, 1.807) is 12.3 Å². The molecule has 7 rings (SSSR count). The number of fused-ring (bicyclic) bond motifs is 2. The summed E-state index contributed by atoms with van der Waals surface area (Å²) in [6.07, 6.45) is 1.68. The Balaban J connectivity index is 1.65. The van der Waals surface area contributed by atoms with E-state index in [0.717, 1.165) is 50.1 Å². The number of nitrogens with zero attached hydrogens (tertiary/aromatic N) is 2. The summed E-state index contributed by atoms with van der Waals surface area (Å²) in [5, 5.41) is 0.691. The van der Waals surface area contributed by atoms with Crippen LogP contribution in [0.25, 0.3) is 61.3 Å². The van der Waals surface area contributed by atoms with E-state index in [1.807, 2.05) is 30.3 Å². The topological polar surface area (TPSA) is 31.0 Å². The molecule has 0 unspecified atom stereocenters. The van der Waals surface area contributed by atoms with Gasteiger partial charge in [-0.2, -0.15) is 0 Å². The average molecular weight is 495 g/mol. The lowest BCUT2D eigenvalue weighted by molar-refractivity contribution is 0.610. The third-order valence-electron chi connectivity index (χ3n) is 6.98. The average Bonchev–Trinajstić information content (AvgIpc) is 3.54. The summed E-state index contributed by atoms with van der Waals surface area (Å²) in [6.45, 7) is 2.13. The van der Waals surface area contributed by atoms with E-state index < -0.39 is 0 Å². The minimum Gasteiger partial charge on any atom is -0.464 e. The van der Waals surface area contributed by atoms with Gasteiger partial charge in [-0.25, -0.2) is 9.37 Å². The Hall–Kier alpha value is -4.96. The van der Waals surface area contributed by atoms with Gasteiger partial charge in [0.25, 0.3) is 0 Å². The SMILES string of the molecule is Cc1cc(-c2ccccc2)c(-n2c(-c3coc4ccc(F)cc34)nc3ccccc32)c(-c2ccccc2)c1. The summed E-state index contributed by atoms with van der Waals surface area (Å²) in [4.78, 5) is 5.08. The van der Waals surface area contributed by atoms with Crippen LogP contribution in [0.3, 0.4) is 0 Å². The van der Waals surface area contributed by atoms with Gasteiger partial charge in [-0.05, 0) is 66.1 Å². The highest BCUT2D eigenvalue weighted by molar-refractivity contribution is 5.98. The van der Waals surface area contributed by atoms with Crippen LogP contribution >= 0.6 is 0 Å². The zero-order valence-corrected chi connectivity index (χ0v) is 20.7. The Morgan fingerprint density at radius 2 is 1.32 bits per heavy atom. The molecule has 5 aromatic carbocycles. The predicted molar refractivity (Wildman–Crippen MR) is 152 cm³/mol. The number of furan rings is 1. The zero-order chi connectivity index (χ0) is 25.6. The number of aryl methyl sites for hydroxylation is 1. The summed E-state index contributed by atoms with van der Waals surface area (Å²) >= 11 is 0. The standard InChI is InChI=1S/C34H23FN2O/c1-22-18-26(23-10-4-2-5-11-23)33(27(19-22)24-12-6-3-7-13-24)37-31-15-9-8-14-30(31)36-34(37)29-21-38-32-17-16-25(35)20-28(29)32/h2-21H,1H3. The number of halogens is 1. The van der Waals surface area contributed by atoms with Crippen molar-refractivity contribution in [3.63, 3.8) is 0 Å². The molecule has 0 radical (unpaired) electrons. The van der Waals surface area contributed by atoms with Crippen LogP contribution in [0.4, 0.5) is 4.39 Å². The van der Waals surface area contributed by atoms with Crippen molar-refractivity contribution in [1.29, 1.82) is 0 Å². The van der Waals surface area contributed by atoms with Crippen molar-refractivity contribution in [1.82, 2.24) is 9.55 Å². The molecular weight excluding hydrogens is 471 g/mol. The Kier molecular flexibility index (Phi) is 5.19. The molecule has 0 aliphatic carbocycles. The van der Waals surface area contributed by atoms with Crippen LogP contribution in [0.2, 0.25) is 0 Å². The van der Waals surface area contributed by atoms with Crippen LogP contribution in [0.5, 0.6) is 0 Å². The highest BCUT2D eigenvalue weighted by Gasteiger charge is 2.24. The van der Waals surface area contributed by atoms with Crippen molar-refractivity contribution in [3.05, 3.63) is 133 Å². The lowest BCUT2D eigenvalue weighted by Crippen LogP contribution is -2.03. The first-order chi connectivity index (χ1) is 18.7. The third-order valence-corrected chi connectivity index (χ3v) is 6.98. The van der Waals surface area contributed by atoms with Gasteiger partial charge in [0.15, 0.2) is 0 Å². The van der Waals surface area contributed by atoms with Gasteiger partial charge >= 0.3 is 0 Å². The van der Waals surface area contributed by atoms with Crippen molar-refractivity contribution in [2.75, 3.05) is 0 Å². The fourth-order valence-corrected chi connectivity index (χ4v) is 5.30. The second-order valence-corrected chi connectivity index (χ2v) is 9.49. The smallest absolute Gasteiger partial charge is 0.149 e. The van der Waals surface area contributed by atoms with E-state index in [2.05, 4.69) is 78.2 Å². The maximum atomic E-state index is 14.4. The molecule has 0 saturated carbocycles. The van der Waals surface area contributed by atoms with E-state index in [-0.39, 0.29) is 5.82 Å². The molecule has 0 bridgehead atoms. The predicted octanol–water partition coefficient (Wildman–Crippen LogP) is 9.22. The fourth-order valence-electron chi connectivity index (χ4n) is 5.30. The lowest BCUT2D eigenvalue weighted by Gasteiger charge is -2.20. The fraction of sp³-hybridized carbons (Fsp3) is 0.0294. The highest BCUT2D eigenvalue weighted by Crippen LogP contribution is 2.42. The Bertz CT molecular complexity index is 1870. The largest absolute Gasteiger partial charge is 0.464 e.